The number of carboxylic acids is 1. The van der Waals surface area contributed by atoms with E-state index >= 15 is 0 Å². The molecule has 0 saturated carbocycles. The summed E-state index contributed by atoms with van der Waals surface area (Å²) in [5.74, 6) is 0.350. The average Bonchev–Trinajstić information content (AvgIpc) is 3.41. The van der Waals surface area contributed by atoms with Crippen LogP contribution in [0.5, 0.6) is 0 Å². The third kappa shape index (κ3) is 4.45. The second-order valence-electron chi connectivity index (χ2n) is 10.4. The summed E-state index contributed by atoms with van der Waals surface area (Å²) in [6, 6.07) is 17.6. The first-order chi connectivity index (χ1) is 18.7. The molecule has 0 unspecified atom stereocenters. The predicted octanol–water partition coefficient (Wildman–Crippen LogP) is 5.11. The highest BCUT2D eigenvalue weighted by Gasteiger charge is 2.35. The average molecular weight is 542 g/mol. The molecule has 6 rings (SSSR count). The van der Waals surface area contributed by atoms with Crippen molar-refractivity contribution in [2.45, 2.75) is 51.7 Å². The van der Waals surface area contributed by atoms with Gasteiger partial charge >= 0.3 is 5.97 Å². The molecule has 200 valence electrons. The number of aliphatic imine (C=N–C) groups is 1. The van der Waals surface area contributed by atoms with Crippen molar-refractivity contribution < 1.29 is 15.0 Å². The number of aryl methyl sites for hydroxylation is 2. The number of anilines is 1. The lowest BCUT2D eigenvalue weighted by Crippen LogP contribution is -2.42. The molecule has 1 fully saturated rings. The molecule has 2 aliphatic heterocycles. The molecule has 39 heavy (non-hydrogen) atoms. The number of benzene rings is 2. The Balaban J connectivity index is 1.33. The van der Waals surface area contributed by atoms with Gasteiger partial charge in [0.15, 0.2) is 5.82 Å². The van der Waals surface area contributed by atoms with Crippen LogP contribution in [0.1, 0.15) is 64.1 Å². The minimum Gasteiger partial charge on any atom is -0.481 e. The Morgan fingerprint density at radius 1 is 1.03 bits per heavy atom. The van der Waals surface area contributed by atoms with Crippen molar-refractivity contribution in [3.63, 3.8) is 0 Å². The van der Waals surface area contributed by atoms with E-state index < -0.39 is 17.6 Å². The van der Waals surface area contributed by atoms with Gasteiger partial charge in [0.1, 0.15) is 16.9 Å². The van der Waals surface area contributed by atoms with E-state index in [4.69, 9.17) is 4.99 Å². The first-order valence-corrected chi connectivity index (χ1v) is 14.0. The molecular weight excluding hydrogens is 510 g/mol. The Bertz CT molecular complexity index is 1560. The normalized spacial score (nSPS) is 18.2. The van der Waals surface area contributed by atoms with Crippen molar-refractivity contribution in [3.8, 4) is 5.00 Å². The van der Waals surface area contributed by atoms with Gasteiger partial charge in [0.25, 0.3) is 0 Å². The van der Waals surface area contributed by atoms with Crippen LogP contribution in [0.2, 0.25) is 0 Å². The number of carbonyl (C=O) groups is 1. The smallest absolute Gasteiger partial charge is 0.306 e. The van der Waals surface area contributed by atoms with Gasteiger partial charge in [-0.2, -0.15) is 0 Å². The summed E-state index contributed by atoms with van der Waals surface area (Å²) in [7, 11) is 0. The zero-order valence-corrected chi connectivity index (χ0v) is 23.1. The Kier molecular flexibility index (Phi) is 6.35. The SMILES string of the molecule is Cc1sc2c(c1C)C(c1ccc(N3CCC(O)(c4ccccc4)CC3)cc1)=N[C@@H](CC(=O)O)c1nnc(C)n1-2. The maximum Gasteiger partial charge on any atom is 0.306 e. The number of hydrogen-bond donors (Lipinski definition) is 2. The standard InChI is InChI=1S/C30H31N5O3S/c1-18-19(2)39-29-26(18)27(31-24(17-25(36)37)28-33-32-20(3)35(28)29)21-9-11-23(12-10-21)34-15-13-30(38,14-16-34)22-7-5-4-6-8-22/h4-12,24,38H,13-17H2,1-3H3,(H,36,37)/t24-/m0/s1. The summed E-state index contributed by atoms with van der Waals surface area (Å²) in [6.45, 7) is 7.59. The number of thiophene rings is 1. The van der Waals surface area contributed by atoms with Gasteiger partial charge < -0.3 is 15.1 Å². The molecule has 0 amide bonds. The number of fused-ring (bicyclic) bond motifs is 3. The lowest BCUT2D eigenvalue weighted by molar-refractivity contribution is -0.137. The molecule has 0 radical (unpaired) electrons. The first kappa shape index (κ1) is 25.5. The quantitative estimate of drug-likeness (QED) is 0.364. The fourth-order valence-corrected chi connectivity index (χ4v) is 6.91. The van der Waals surface area contributed by atoms with Crippen molar-refractivity contribution in [1.29, 1.82) is 0 Å². The zero-order chi connectivity index (χ0) is 27.3. The zero-order valence-electron chi connectivity index (χ0n) is 22.3. The first-order valence-electron chi connectivity index (χ1n) is 13.2. The minimum absolute atomic E-state index is 0.162. The molecule has 4 aromatic rings. The molecular formula is C30H31N5O3S. The number of aliphatic carboxylic acids is 1. The highest BCUT2D eigenvalue weighted by atomic mass is 32.1. The number of piperidine rings is 1. The molecule has 8 nitrogen and oxygen atoms in total. The van der Waals surface area contributed by atoms with Crippen LogP contribution in [0.25, 0.3) is 5.00 Å². The third-order valence-corrected chi connectivity index (χ3v) is 9.21. The summed E-state index contributed by atoms with van der Waals surface area (Å²) in [5, 5.41) is 30.5. The second kappa shape index (κ2) is 9.73. The molecule has 1 saturated heterocycles. The molecule has 9 heteroatoms. The molecule has 2 aliphatic rings. The van der Waals surface area contributed by atoms with Gasteiger partial charge in [0.2, 0.25) is 0 Å². The largest absolute Gasteiger partial charge is 0.481 e. The van der Waals surface area contributed by atoms with E-state index in [0.717, 1.165) is 57.6 Å². The van der Waals surface area contributed by atoms with Crippen LogP contribution in [0.15, 0.2) is 59.6 Å². The number of nitrogens with zero attached hydrogens (tertiary/aromatic N) is 5. The van der Waals surface area contributed by atoms with Crippen LogP contribution in [0, 0.1) is 20.8 Å². The van der Waals surface area contributed by atoms with E-state index in [1.54, 1.807) is 11.3 Å². The highest BCUT2D eigenvalue weighted by Crippen LogP contribution is 2.40. The molecule has 0 aliphatic carbocycles. The molecule has 2 aromatic carbocycles. The van der Waals surface area contributed by atoms with Crippen LogP contribution in [-0.2, 0) is 10.4 Å². The number of rotatable bonds is 5. The highest BCUT2D eigenvalue weighted by molar-refractivity contribution is 7.15. The van der Waals surface area contributed by atoms with Crippen LogP contribution >= 0.6 is 11.3 Å². The van der Waals surface area contributed by atoms with Crippen molar-refractivity contribution in [3.05, 3.63) is 93.4 Å². The van der Waals surface area contributed by atoms with Crippen molar-refractivity contribution >= 4 is 28.7 Å². The Morgan fingerprint density at radius 3 is 2.38 bits per heavy atom. The molecule has 4 heterocycles. The minimum atomic E-state index is -0.927. The van der Waals surface area contributed by atoms with Crippen molar-refractivity contribution in [1.82, 2.24) is 14.8 Å². The Labute approximate surface area is 231 Å². The maximum atomic E-state index is 11.8. The Morgan fingerprint density at radius 2 is 1.72 bits per heavy atom. The lowest BCUT2D eigenvalue weighted by atomic mass is 9.84. The summed E-state index contributed by atoms with van der Waals surface area (Å²) in [4.78, 5) is 20.3. The lowest BCUT2D eigenvalue weighted by Gasteiger charge is -2.39. The van der Waals surface area contributed by atoms with Crippen LogP contribution < -0.4 is 4.90 Å². The summed E-state index contributed by atoms with van der Waals surface area (Å²) >= 11 is 1.66. The second-order valence-corrected chi connectivity index (χ2v) is 11.6. The van der Waals surface area contributed by atoms with Gasteiger partial charge in [-0.15, -0.1) is 21.5 Å². The fourth-order valence-electron chi connectivity index (χ4n) is 5.69. The topological polar surface area (TPSA) is 104 Å². The predicted molar refractivity (Wildman–Crippen MR) is 152 cm³/mol. The number of aromatic nitrogens is 3. The van der Waals surface area contributed by atoms with Crippen molar-refractivity contribution in [2.24, 2.45) is 4.99 Å². The van der Waals surface area contributed by atoms with Gasteiger partial charge in [-0.05, 0) is 56.9 Å². The van der Waals surface area contributed by atoms with Gasteiger partial charge in [-0.1, -0.05) is 42.5 Å². The summed E-state index contributed by atoms with van der Waals surface area (Å²) in [5.41, 5.74) is 5.13. The van der Waals surface area contributed by atoms with Gasteiger partial charge in [0.05, 0.1) is 17.7 Å². The van der Waals surface area contributed by atoms with E-state index in [9.17, 15) is 15.0 Å². The number of aliphatic hydroxyl groups is 1. The van der Waals surface area contributed by atoms with Gasteiger partial charge in [-0.25, -0.2) is 0 Å². The summed E-state index contributed by atoms with van der Waals surface area (Å²) in [6.07, 6.45) is 1.17. The van der Waals surface area contributed by atoms with E-state index in [2.05, 4.69) is 53.2 Å². The number of carboxylic acid groups (broad SMARTS) is 1. The van der Waals surface area contributed by atoms with Gasteiger partial charge in [-0.3, -0.25) is 14.4 Å². The molecule has 0 spiro atoms. The third-order valence-electron chi connectivity index (χ3n) is 8.02. The van der Waals surface area contributed by atoms with Crippen LogP contribution in [-0.4, -0.2) is 49.7 Å². The monoisotopic (exact) mass is 541 g/mol. The number of hydrogen-bond acceptors (Lipinski definition) is 7. The maximum absolute atomic E-state index is 11.8. The summed E-state index contributed by atoms with van der Waals surface area (Å²) < 4.78 is 1.97. The van der Waals surface area contributed by atoms with Crippen LogP contribution in [0.4, 0.5) is 5.69 Å². The molecule has 1 atom stereocenters. The molecule has 0 bridgehead atoms. The molecule has 2 N–H and O–H groups in total. The van der Waals surface area contributed by atoms with E-state index in [1.165, 1.54) is 4.88 Å². The van der Waals surface area contributed by atoms with E-state index in [-0.39, 0.29) is 6.42 Å². The van der Waals surface area contributed by atoms with Gasteiger partial charge in [0, 0.05) is 34.8 Å². The van der Waals surface area contributed by atoms with E-state index in [0.29, 0.717) is 18.7 Å². The molecule has 2 aromatic heterocycles. The van der Waals surface area contributed by atoms with E-state index in [1.807, 2.05) is 41.8 Å². The van der Waals surface area contributed by atoms with Crippen LogP contribution in [0.3, 0.4) is 0 Å². The Hall–Kier alpha value is -3.82. The fraction of sp³-hybridized carbons (Fsp3) is 0.333. The van der Waals surface area contributed by atoms with Crippen molar-refractivity contribution in [2.75, 3.05) is 18.0 Å².